The van der Waals surface area contributed by atoms with E-state index >= 15 is 0 Å². The first-order valence-corrected chi connectivity index (χ1v) is 7.92. The van der Waals surface area contributed by atoms with Crippen LogP contribution >= 0.6 is 0 Å². The smallest absolute Gasteiger partial charge is 0.0431 e. The van der Waals surface area contributed by atoms with Gasteiger partial charge in [-0.3, -0.25) is 0 Å². The van der Waals surface area contributed by atoms with Crippen molar-refractivity contribution in [3.8, 4) is 0 Å². The summed E-state index contributed by atoms with van der Waals surface area (Å²) in [5.41, 5.74) is 0. The Hall–Kier alpha value is -0.0400. The van der Waals surface area contributed by atoms with Crippen LogP contribution in [0.3, 0.4) is 0 Å². The Morgan fingerprint density at radius 2 is 1.12 bits per heavy atom. The normalized spacial score (nSPS) is 12.9. The second-order valence-corrected chi connectivity index (χ2v) is 5.56. The standard InChI is InChI=1S/C16H34O/c1-3-16(2)14-12-10-8-6-4-5-7-9-11-13-15-17/h16-17H,3-15H2,1-2H3/t16-/m0/s1. The van der Waals surface area contributed by atoms with Crippen molar-refractivity contribution >= 4 is 0 Å². The molecule has 0 spiro atoms. The third-order valence-corrected chi connectivity index (χ3v) is 3.80. The topological polar surface area (TPSA) is 20.2 Å². The lowest BCUT2D eigenvalue weighted by Crippen LogP contribution is -1.91. The van der Waals surface area contributed by atoms with Gasteiger partial charge in [-0.05, 0) is 12.3 Å². The Kier molecular flexibility index (Phi) is 14.0. The molecule has 0 radical (unpaired) electrons. The maximum absolute atomic E-state index is 8.65. The lowest BCUT2D eigenvalue weighted by atomic mass is 9.99. The van der Waals surface area contributed by atoms with E-state index in [1.807, 2.05) is 0 Å². The quantitative estimate of drug-likeness (QED) is 0.434. The molecule has 0 aromatic rings. The molecule has 0 saturated heterocycles. The molecule has 0 aromatic heterocycles. The van der Waals surface area contributed by atoms with E-state index < -0.39 is 0 Å². The zero-order chi connectivity index (χ0) is 12.8. The minimum absolute atomic E-state index is 0.371. The van der Waals surface area contributed by atoms with Gasteiger partial charge in [-0.1, -0.05) is 84.5 Å². The van der Waals surface area contributed by atoms with E-state index in [-0.39, 0.29) is 0 Å². The van der Waals surface area contributed by atoms with Crippen LogP contribution in [0.15, 0.2) is 0 Å². The number of unbranched alkanes of at least 4 members (excludes halogenated alkanes) is 9. The molecule has 1 N–H and O–H groups in total. The molecular weight excluding hydrogens is 208 g/mol. The van der Waals surface area contributed by atoms with Crippen molar-refractivity contribution in [3.05, 3.63) is 0 Å². The summed E-state index contributed by atoms with van der Waals surface area (Å²) in [6, 6.07) is 0. The summed E-state index contributed by atoms with van der Waals surface area (Å²) in [5.74, 6) is 0.932. The van der Waals surface area contributed by atoms with Crippen LogP contribution in [0.4, 0.5) is 0 Å². The number of aliphatic hydroxyl groups is 1. The molecule has 0 unspecified atom stereocenters. The molecule has 0 rings (SSSR count). The molecule has 1 atom stereocenters. The summed E-state index contributed by atoms with van der Waals surface area (Å²) in [7, 11) is 0. The van der Waals surface area contributed by atoms with Gasteiger partial charge in [-0.15, -0.1) is 0 Å². The van der Waals surface area contributed by atoms with Gasteiger partial charge in [0.25, 0.3) is 0 Å². The molecule has 104 valence electrons. The van der Waals surface area contributed by atoms with Crippen LogP contribution in [-0.4, -0.2) is 11.7 Å². The fourth-order valence-electron chi connectivity index (χ4n) is 2.22. The van der Waals surface area contributed by atoms with Crippen LogP contribution in [0.1, 0.15) is 90.9 Å². The van der Waals surface area contributed by atoms with E-state index in [2.05, 4.69) is 13.8 Å². The molecule has 0 aromatic carbocycles. The first-order valence-electron chi connectivity index (χ1n) is 7.92. The zero-order valence-corrected chi connectivity index (χ0v) is 12.2. The Labute approximate surface area is 109 Å². The average molecular weight is 242 g/mol. The predicted octanol–water partition coefficient (Wildman–Crippen LogP) is 5.32. The summed E-state index contributed by atoms with van der Waals surface area (Å²) in [4.78, 5) is 0. The molecular formula is C16H34O. The largest absolute Gasteiger partial charge is 0.396 e. The molecule has 0 heterocycles. The minimum Gasteiger partial charge on any atom is -0.396 e. The Balaban J connectivity index is 2.94. The predicted molar refractivity (Wildman–Crippen MR) is 77.3 cm³/mol. The van der Waals surface area contributed by atoms with E-state index in [0.717, 1.165) is 12.3 Å². The molecule has 0 bridgehead atoms. The Bertz CT molecular complexity index is 133. The highest BCUT2D eigenvalue weighted by Gasteiger charge is 1.98. The number of rotatable bonds is 13. The highest BCUT2D eigenvalue weighted by molar-refractivity contribution is 4.52. The van der Waals surface area contributed by atoms with Gasteiger partial charge in [-0.2, -0.15) is 0 Å². The average Bonchev–Trinajstić information content (AvgIpc) is 2.35. The minimum atomic E-state index is 0.371. The van der Waals surface area contributed by atoms with Gasteiger partial charge in [0.2, 0.25) is 0 Å². The highest BCUT2D eigenvalue weighted by atomic mass is 16.2. The van der Waals surface area contributed by atoms with Crippen molar-refractivity contribution in [1.82, 2.24) is 0 Å². The third-order valence-electron chi connectivity index (χ3n) is 3.80. The molecule has 0 aliphatic carbocycles. The van der Waals surface area contributed by atoms with E-state index in [4.69, 9.17) is 5.11 Å². The molecule has 0 aliphatic heterocycles. The van der Waals surface area contributed by atoms with E-state index in [0.29, 0.717) is 6.61 Å². The summed E-state index contributed by atoms with van der Waals surface area (Å²) in [6.45, 7) is 5.03. The summed E-state index contributed by atoms with van der Waals surface area (Å²) in [6.07, 6.45) is 16.2. The Morgan fingerprint density at radius 3 is 1.53 bits per heavy atom. The van der Waals surface area contributed by atoms with Gasteiger partial charge in [0.1, 0.15) is 0 Å². The molecule has 17 heavy (non-hydrogen) atoms. The van der Waals surface area contributed by atoms with Crippen molar-refractivity contribution in [3.63, 3.8) is 0 Å². The molecule has 0 saturated carbocycles. The summed E-state index contributed by atoms with van der Waals surface area (Å²) >= 11 is 0. The van der Waals surface area contributed by atoms with Gasteiger partial charge in [-0.25, -0.2) is 0 Å². The maximum atomic E-state index is 8.65. The van der Waals surface area contributed by atoms with Crippen molar-refractivity contribution in [2.45, 2.75) is 90.9 Å². The SMILES string of the molecule is CC[C@H](C)CCCCCCCCCCCCO. The van der Waals surface area contributed by atoms with Crippen molar-refractivity contribution in [2.75, 3.05) is 6.61 Å². The van der Waals surface area contributed by atoms with E-state index in [1.54, 1.807) is 0 Å². The van der Waals surface area contributed by atoms with Gasteiger partial charge in [0.15, 0.2) is 0 Å². The monoisotopic (exact) mass is 242 g/mol. The number of hydrogen-bond acceptors (Lipinski definition) is 1. The molecule has 1 heteroatoms. The number of aliphatic hydroxyl groups excluding tert-OH is 1. The maximum Gasteiger partial charge on any atom is 0.0431 e. The molecule has 0 amide bonds. The van der Waals surface area contributed by atoms with Crippen molar-refractivity contribution < 1.29 is 5.11 Å². The molecule has 0 aliphatic rings. The van der Waals surface area contributed by atoms with Gasteiger partial charge < -0.3 is 5.11 Å². The Morgan fingerprint density at radius 1 is 0.706 bits per heavy atom. The van der Waals surface area contributed by atoms with Gasteiger partial charge >= 0.3 is 0 Å². The second-order valence-electron chi connectivity index (χ2n) is 5.56. The van der Waals surface area contributed by atoms with Crippen LogP contribution < -0.4 is 0 Å². The van der Waals surface area contributed by atoms with Gasteiger partial charge in [0.05, 0.1) is 0 Å². The van der Waals surface area contributed by atoms with Crippen LogP contribution in [0, 0.1) is 5.92 Å². The first-order chi connectivity index (χ1) is 8.31. The first kappa shape index (κ1) is 17.0. The van der Waals surface area contributed by atoms with Crippen LogP contribution in [0.25, 0.3) is 0 Å². The fourth-order valence-corrected chi connectivity index (χ4v) is 2.22. The number of hydrogen-bond donors (Lipinski definition) is 1. The van der Waals surface area contributed by atoms with Crippen LogP contribution in [0.2, 0.25) is 0 Å². The van der Waals surface area contributed by atoms with E-state index in [9.17, 15) is 0 Å². The van der Waals surface area contributed by atoms with Crippen molar-refractivity contribution in [1.29, 1.82) is 0 Å². The van der Waals surface area contributed by atoms with Gasteiger partial charge in [0, 0.05) is 6.61 Å². The molecule has 0 fully saturated rings. The second kappa shape index (κ2) is 14.0. The van der Waals surface area contributed by atoms with E-state index in [1.165, 1.54) is 70.6 Å². The third kappa shape index (κ3) is 13.9. The summed E-state index contributed by atoms with van der Waals surface area (Å²) in [5, 5.41) is 8.65. The lowest BCUT2D eigenvalue weighted by molar-refractivity contribution is 0.282. The van der Waals surface area contributed by atoms with Crippen molar-refractivity contribution in [2.24, 2.45) is 5.92 Å². The fraction of sp³-hybridized carbons (Fsp3) is 1.00. The highest BCUT2D eigenvalue weighted by Crippen LogP contribution is 2.15. The molecule has 1 nitrogen and oxygen atoms in total. The van der Waals surface area contributed by atoms with Crippen LogP contribution in [-0.2, 0) is 0 Å². The zero-order valence-electron chi connectivity index (χ0n) is 12.2. The summed E-state index contributed by atoms with van der Waals surface area (Å²) < 4.78 is 0. The lowest BCUT2D eigenvalue weighted by Gasteiger charge is -2.07. The van der Waals surface area contributed by atoms with Crippen LogP contribution in [0.5, 0.6) is 0 Å².